The average Bonchev–Trinajstić information content (AvgIpc) is 2.59. The minimum absolute atomic E-state index is 0.0253. The lowest BCUT2D eigenvalue weighted by molar-refractivity contribution is -0.942. The highest BCUT2D eigenvalue weighted by Gasteiger charge is 2.24. The SMILES string of the molecule is COC(=O)c1ccc2[nH]c(C)c(C[NH+]3CCCC[C@H]3C)c(=O)c2c1. The number of pyridine rings is 1. The predicted molar refractivity (Wildman–Crippen MR) is 93.5 cm³/mol. The molecular weight excluding hydrogens is 304 g/mol. The van der Waals surface area contributed by atoms with E-state index in [2.05, 4.69) is 11.9 Å². The first-order valence-corrected chi connectivity index (χ1v) is 8.59. The number of aromatic nitrogens is 1. The Morgan fingerprint density at radius 2 is 2.17 bits per heavy atom. The van der Waals surface area contributed by atoms with Gasteiger partial charge in [-0.25, -0.2) is 4.79 Å². The van der Waals surface area contributed by atoms with E-state index in [4.69, 9.17) is 4.74 Å². The smallest absolute Gasteiger partial charge is 0.337 e. The number of piperidine rings is 1. The fourth-order valence-corrected chi connectivity index (χ4v) is 3.65. The van der Waals surface area contributed by atoms with Crippen molar-refractivity contribution < 1.29 is 14.4 Å². The van der Waals surface area contributed by atoms with Crippen LogP contribution in [0.5, 0.6) is 0 Å². The Morgan fingerprint density at radius 3 is 2.88 bits per heavy atom. The Balaban J connectivity index is 2.04. The first-order chi connectivity index (χ1) is 11.5. The van der Waals surface area contributed by atoms with Gasteiger partial charge >= 0.3 is 5.97 Å². The van der Waals surface area contributed by atoms with E-state index in [9.17, 15) is 9.59 Å². The number of carbonyl (C=O) groups is 1. The van der Waals surface area contributed by atoms with Gasteiger partial charge in [0.1, 0.15) is 6.54 Å². The highest BCUT2D eigenvalue weighted by Crippen LogP contribution is 2.14. The van der Waals surface area contributed by atoms with Crippen LogP contribution in [0.25, 0.3) is 10.9 Å². The summed E-state index contributed by atoms with van der Waals surface area (Å²) in [5, 5.41) is 0.558. The Bertz CT molecular complexity index is 825. The predicted octanol–water partition coefficient (Wildman–Crippen LogP) is 1.58. The van der Waals surface area contributed by atoms with Gasteiger partial charge in [0.05, 0.1) is 30.8 Å². The first-order valence-electron chi connectivity index (χ1n) is 8.59. The number of nitrogens with one attached hydrogen (secondary N) is 2. The number of methoxy groups -OCH3 is 1. The molecule has 1 aliphatic rings. The van der Waals surface area contributed by atoms with Gasteiger partial charge in [-0.2, -0.15) is 0 Å². The van der Waals surface area contributed by atoms with E-state index < -0.39 is 5.97 Å². The number of rotatable bonds is 3. The molecule has 2 N–H and O–H groups in total. The van der Waals surface area contributed by atoms with Crippen molar-refractivity contribution in [2.75, 3.05) is 13.7 Å². The third-order valence-electron chi connectivity index (χ3n) is 5.22. The van der Waals surface area contributed by atoms with E-state index >= 15 is 0 Å². The number of benzene rings is 1. The van der Waals surface area contributed by atoms with Gasteiger partial charge < -0.3 is 14.6 Å². The van der Waals surface area contributed by atoms with Crippen LogP contribution < -0.4 is 10.3 Å². The quantitative estimate of drug-likeness (QED) is 0.841. The van der Waals surface area contributed by atoms with Gasteiger partial charge in [0.2, 0.25) is 0 Å². The van der Waals surface area contributed by atoms with Gasteiger partial charge in [-0.05, 0) is 51.3 Å². The summed E-state index contributed by atoms with van der Waals surface area (Å²) in [5.74, 6) is -0.422. The fourth-order valence-electron chi connectivity index (χ4n) is 3.65. The maximum absolute atomic E-state index is 13.0. The number of hydrogen-bond donors (Lipinski definition) is 2. The summed E-state index contributed by atoms with van der Waals surface area (Å²) < 4.78 is 4.76. The van der Waals surface area contributed by atoms with Crippen LogP contribution in [0, 0.1) is 6.92 Å². The van der Waals surface area contributed by atoms with Crippen molar-refractivity contribution in [3.8, 4) is 0 Å². The van der Waals surface area contributed by atoms with E-state index in [0.717, 1.165) is 29.9 Å². The van der Waals surface area contributed by atoms with Crippen LogP contribution in [0.3, 0.4) is 0 Å². The van der Waals surface area contributed by atoms with Crippen molar-refractivity contribution in [3.63, 3.8) is 0 Å². The van der Waals surface area contributed by atoms with Crippen molar-refractivity contribution >= 4 is 16.9 Å². The van der Waals surface area contributed by atoms with Crippen molar-refractivity contribution in [2.45, 2.75) is 45.7 Å². The second-order valence-corrected chi connectivity index (χ2v) is 6.79. The molecule has 2 atom stereocenters. The molecule has 0 amide bonds. The van der Waals surface area contributed by atoms with Gasteiger partial charge in [0.15, 0.2) is 5.43 Å². The van der Waals surface area contributed by atoms with Crippen molar-refractivity contribution in [1.29, 1.82) is 0 Å². The molecule has 128 valence electrons. The summed E-state index contributed by atoms with van der Waals surface area (Å²) in [6, 6.07) is 5.67. The molecular formula is C19H25N2O3+. The third-order valence-corrected chi connectivity index (χ3v) is 5.22. The summed E-state index contributed by atoms with van der Waals surface area (Å²) in [6.07, 6.45) is 3.71. The summed E-state index contributed by atoms with van der Waals surface area (Å²) in [4.78, 5) is 29.5. The molecule has 1 aromatic carbocycles. The molecule has 0 saturated carbocycles. The standard InChI is InChI=1S/C19H24N2O3/c1-12-6-4-5-9-21(12)11-16-13(2)20-17-8-7-14(19(23)24-3)10-15(17)18(16)22/h7-8,10,12H,4-6,9,11H2,1-3H3,(H,20,22)/p+1/t12-/m1/s1. The minimum atomic E-state index is -0.422. The summed E-state index contributed by atoms with van der Waals surface area (Å²) >= 11 is 0. The van der Waals surface area contributed by atoms with Gasteiger partial charge in [0.25, 0.3) is 0 Å². The topological polar surface area (TPSA) is 63.6 Å². The zero-order valence-electron chi connectivity index (χ0n) is 14.6. The lowest BCUT2D eigenvalue weighted by Gasteiger charge is -2.30. The lowest BCUT2D eigenvalue weighted by Crippen LogP contribution is -3.15. The molecule has 1 fully saturated rings. The maximum atomic E-state index is 13.0. The molecule has 0 bridgehead atoms. The van der Waals surface area contributed by atoms with Crippen LogP contribution in [0.15, 0.2) is 23.0 Å². The van der Waals surface area contributed by atoms with Gasteiger partial charge in [-0.15, -0.1) is 0 Å². The molecule has 5 nitrogen and oxygen atoms in total. The normalized spacial score (nSPS) is 21.0. The monoisotopic (exact) mass is 329 g/mol. The molecule has 0 radical (unpaired) electrons. The van der Waals surface area contributed by atoms with Crippen LogP contribution in [0.4, 0.5) is 0 Å². The number of ether oxygens (including phenoxy) is 1. The molecule has 1 saturated heterocycles. The molecule has 2 aromatic rings. The number of esters is 1. The molecule has 1 aliphatic heterocycles. The molecule has 24 heavy (non-hydrogen) atoms. The van der Waals surface area contributed by atoms with E-state index in [1.807, 2.05) is 6.92 Å². The van der Waals surface area contributed by atoms with E-state index in [0.29, 0.717) is 17.0 Å². The zero-order valence-corrected chi connectivity index (χ0v) is 14.6. The molecule has 3 rings (SSSR count). The van der Waals surface area contributed by atoms with Gasteiger partial charge in [0, 0.05) is 16.6 Å². The van der Waals surface area contributed by atoms with Crippen LogP contribution >= 0.6 is 0 Å². The number of carbonyl (C=O) groups excluding carboxylic acids is 1. The maximum Gasteiger partial charge on any atom is 0.337 e. The Labute approximate surface area is 141 Å². The Kier molecular flexibility index (Phi) is 4.71. The number of aryl methyl sites for hydroxylation is 1. The van der Waals surface area contributed by atoms with Crippen LogP contribution in [-0.4, -0.2) is 30.6 Å². The van der Waals surface area contributed by atoms with Crippen molar-refractivity contribution in [2.24, 2.45) is 0 Å². The second kappa shape index (κ2) is 6.77. The highest BCUT2D eigenvalue weighted by atomic mass is 16.5. The lowest BCUT2D eigenvalue weighted by atomic mass is 10.0. The number of aromatic amines is 1. The molecule has 1 unspecified atom stereocenters. The molecule has 5 heteroatoms. The Hall–Kier alpha value is -2.14. The minimum Gasteiger partial charge on any atom is -0.465 e. The van der Waals surface area contributed by atoms with Crippen LogP contribution in [-0.2, 0) is 11.3 Å². The number of quaternary nitrogens is 1. The summed E-state index contributed by atoms with van der Waals surface area (Å²) in [7, 11) is 1.35. The number of likely N-dealkylation sites (tertiary alicyclic amines) is 1. The summed E-state index contributed by atoms with van der Waals surface area (Å²) in [6.45, 7) is 6.06. The summed E-state index contributed by atoms with van der Waals surface area (Å²) in [5.41, 5.74) is 2.94. The average molecular weight is 329 g/mol. The Morgan fingerprint density at radius 1 is 1.38 bits per heavy atom. The van der Waals surface area contributed by atoms with E-state index in [1.165, 1.54) is 31.3 Å². The zero-order chi connectivity index (χ0) is 17.3. The molecule has 1 aromatic heterocycles. The number of H-pyrrole nitrogens is 1. The third kappa shape index (κ3) is 3.08. The van der Waals surface area contributed by atoms with E-state index in [-0.39, 0.29) is 5.43 Å². The second-order valence-electron chi connectivity index (χ2n) is 6.79. The molecule has 2 heterocycles. The highest BCUT2D eigenvalue weighted by molar-refractivity contribution is 5.94. The van der Waals surface area contributed by atoms with Crippen molar-refractivity contribution in [3.05, 3.63) is 45.2 Å². The largest absolute Gasteiger partial charge is 0.465 e. The van der Waals surface area contributed by atoms with Crippen molar-refractivity contribution in [1.82, 2.24) is 4.98 Å². The number of fused-ring (bicyclic) bond motifs is 1. The van der Waals surface area contributed by atoms with Crippen LogP contribution in [0.2, 0.25) is 0 Å². The fraction of sp³-hybridized carbons (Fsp3) is 0.474. The van der Waals surface area contributed by atoms with Gasteiger partial charge in [-0.3, -0.25) is 4.79 Å². The van der Waals surface area contributed by atoms with Gasteiger partial charge in [-0.1, -0.05) is 0 Å². The van der Waals surface area contributed by atoms with Crippen LogP contribution in [0.1, 0.15) is 47.8 Å². The molecule has 0 spiro atoms. The van der Waals surface area contributed by atoms with E-state index in [1.54, 1.807) is 18.2 Å². The first kappa shape index (κ1) is 16.7. The molecule has 0 aliphatic carbocycles. The number of hydrogen-bond acceptors (Lipinski definition) is 3.